The molecular weight excluding hydrogens is 236 g/mol. The number of aromatic nitrogens is 1. The smallest absolute Gasteiger partial charge is 0.238 e. The molecule has 0 aliphatic carbocycles. The molecule has 0 aliphatic heterocycles. The Bertz CT molecular complexity index is 511. The SMILES string of the molecule is Cc1ccc(Oc2nccc(CN)c2Cl)cc1. The molecular formula is C13H13ClN2O. The number of nitrogens with zero attached hydrogens (tertiary/aromatic N) is 1. The number of hydrogen-bond donors (Lipinski definition) is 1. The molecule has 0 amide bonds. The van der Waals surface area contributed by atoms with Crippen molar-refractivity contribution in [1.29, 1.82) is 0 Å². The van der Waals surface area contributed by atoms with E-state index in [0.29, 0.717) is 23.2 Å². The van der Waals surface area contributed by atoms with Gasteiger partial charge in [-0.3, -0.25) is 0 Å². The zero-order valence-corrected chi connectivity index (χ0v) is 10.2. The zero-order valence-electron chi connectivity index (χ0n) is 9.48. The maximum atomic E-state index is 6.12. The Morgan fingerprint density at radius 3 is 2.59 bits per heavy atom. The standard InChI is InChI=1S/C13H13ClN2O/c1-9-2-4-11(5-3-9)17-13-12(14)10(8-15)6-7-16-13/h2-7H,8,15H2,1H3. The first kappa shape index (κ1) is 11.9. The highest BCUT2D eigenvalue weighted by Crippen LogP contribution is 2.29. The lowest BCUT2D eigenvalue weighted by Crippen LogP contribution is -1.99. The molecule has 0 aliphatic rings. The summed E-state index contributed by atoms with van der Waals surface area (Å²) in [5, 5.41) is 0.468. The van der Waals surface area contributed by atoms with Gasteiger partial charge in [0.05, 0.1) is 0 Å². The van der Waals surface area contributed by atoms with Crippen molar-refractivity contribution in [3.8, 4) is 11.6 Å². The summed E-state index contributed by atoms with van der Waals surface area (Å²) in [5.74, 6) is 1.10. The van der Waals surface area contributed by atoms with Crippen LogP contribution in [0.4, 0.5) is 0 Å². The van der Waals surface area contributed by atoms with E-state index in [9.17, 15) is 0 Å². The number of nitrogens with two attached hydrogens (primary N) is 1. The molecule has 2 N–H and O–H groups in total. The summed E-state index contributed by atoms with van der Waals surface area (Å²) in [5.41, 5.74) is 7.56. The molecule has 0 bridgehead atoms. The van der Waals surface area contributed by atoms with Crippen molar-refractivity contribution in [3.05, 3.63) is 52.7 Å². The molecule has 0 spiro atoms. The van der Waals surface area contributed by atoms with E-state index in [1.54, 1.807) is 12.3 Å². The van der Waals surface area contributed by atoms with Gasteiger partial charge in [-0.05, 0) is 30.7 Å². The fourth-order valence-corrected chi connectivity index (χ4v) is 1.64. The predicted molar refractivity (Wildman–Crippen MR) is 68.4 cm³/mol. The number of benzene rings is 1. The van der Waals surface area contributed by atoms with Gasteiger partial charge in [0.25, 0.3) is 0 Å². The van der Waals surface area contributed by atoms with E-state index < -0.39 is 0 Å². The van der Waals surface area contributed by atoms with Crippen LogP contribution in [-0.2, 0) is 6.54 Å². The van der Waals surface area contributed by atoms with Crippen LogP contribution in [0.15, 0.2) is 36.5 Å². The van der Waals surface area contributed by atoms with Crippen molar-refractivity contribution in [2.45, 2.75) is 13.5 Å². The zero-order chi connectivity index (χ0) is 12.3. The molecule has 3 nitrogen and oxygen atoms in total. The van der Waals surface area contributed by atoms with Crippen LogP contribution in [0.1, 0.15) is 11.1 Å². The summed E-state index contributed by atoms with van der Waals surface area (Å²) in [6.07, 6.45) is 1.64. The monoisotopic (exact) mass is 248 g/mol. The molecule has 88 valence electrons. The lowest BCUT2D eigenvalue weighted by atomic mass is 10.2. The molecule has 17 heavy (non-hydrogen) atoms. The molecule has 2 aromatic rings. The van der Waals surface area contributed by atoms with E-state index in [-0.39, 0.29) is 0 Å². The first-order valence-electron chi connectivity index (χ1n) is 5.28. The summed E-state index contributed by atoms with van der Waals surface area (Å²) >= 11 is 6.12. The van der Waals surface area contributed by atoms with E-state index in [0.717, 1.165) is 5.56 Å². The van der Waals surface area contributed by atoms with E-state index in [2.05, 4.69) is 4.98 Å². The van der Waals surface area contributed by atoms with Gasteiger partial charge in [0.2, 0.25) is 5.88 Å². The topological polar surface area (TPSA) is 48.1 Å². The molecule has 0 saturated carbocycles. The highest BCUT2D eigenvalue weighted by Gasteiger charge is 2.08. The third-order valence-electron chi connectivity index (χ3n) is 2.39. The minimum Gasteiger partial charge on any atom is -0.438 e. The highest BCUT2D eigenvalue weighted by atomic mass is 35.5. The molecule has 0 unspecified atom stereocenters. The quantitative estimate of drug-likeness (QED) is 0.907. The first-order chi connectivity index (χ1) is 8.20. The van der Waals surface area contributed by atoms with Crippen LogP contribution < -0.4 is 10.5 Å². The third-order valence-corrected chi connectivity index (χ3v) is 2.80. The van der Waals surface area contributed by atoms with Crippen molar-refractivity contribution in [3.63, 3.8) is 0 Å². The number of hydrogen-bond acceptors (Lipinski definition) is 3. The van der Waals surface area contributed by atoms with Gasteiger partial charge in [-0.1, -0.05) is 29.3 Å². The van der Waals surface area contributed by atoms with Gasteiger partial charge in [-0.25, -0.2) is 4.98 Å². The first-order valence-corrected chi connectivity index (χ1v) is 5.66. The normalized spacial score (nSPS) is 10.3. The second-order valence-electron chi connectivity index (χ2n) is 3.71. The molecule has 0 saturated heterocycles. The number of ether oxygens (including phenoxy) is 1. The van der Waals surface area contributed by atoms with Gasteiger partial charge in [0.1, 0.15) is 10.8 Å². The maximum Gasteiger partial charge on any atom is 0.238 e. The van der Waals surface area contributed by atoms with Gasteiger partial charge in [0, 0.05) is 12.7 Å². The maximum absolute atomic E-state index is 6.12. The average Bonchev–Trinajstić information content (AvgIpc) is 2.35. The van der Waals surface area contributed by atoms with Crippen LogP contribution in [0, 0.1) is 6.92 Å². The Hall–Kier alpha value is -1.58. The van der Waals surface area contributed by atoms with Gasteiger partial charge in [-0.15, -0.1) is 0 Å². The van der Waals surface area contributed by atoms with E-state index in [4.69, 9.17) is 22.1 Å². The van der Waals surface area contributed by atoms with Crippen LogP contribution >= 0.6 is 11.6 Å². The van der Waals surface area contributed by atoms with Gasteiger partial charge in [0.15, 0.2) is 0 Å². The minimum absolute atomic E-state index is 0.367. The van der Waals surface area contributed by atoms with Crippen molar-refractivity contribution in [2.24, 2.45) is 5.73 Å². The summed E-state index contributed by atoms with van der Waals surface area (Å²) in [7, 11) is 0. The lowest BCUT2D eigenvalue weighted by molar-refractivity contribution is 0.462. The Labute approximate surface area is 105 Å². The van der Waals surface area contributed by atoms with Crippen molar-refractivity contribution in [2.75, 3.05) is 0 Å². The predicted octanol–water partition coefficient (Wildman–Crippen LogP) is 3.29. The fourth-order valence-electron chi connectivity index (χ4n) is 1.41. The largest absolute Gasteiger partial charge is 0.438 e. The molecule has 1 heterocycles. The third kappa shape index (κ3) is 2.75. The van der Waals surface area contributed by atoms with E-state index in [1.807, 2.05) is 31.2 Å². The lowest BCUT2D eigenvalue weighted by Gasteiger charge is -2.08. The van der Waals surface area contributed by atoms with Crippen molar-refractivity contribution in [1.82, 2.24) is 4.98 Å². The summed E-state index contributed by atoms with van der Waals surface area (Å²) < 4.78 is 5.61. The van der Waals surface area contributed by atoms with Crippen LogP contribution in [0.2, 0.25) is 5.02 Å². The Morgan fingerprint density at radius 2 is 1.94 bits per heavy atom. The van der Waals surface area contributed by atoms with Gasteiger partial charge in [-0.2, -0.15) is 0 Å². The van der Waals surface area contributed by atoms with Crippen molar-refractivity contribution < 1.29 is 4.74 Å². The highest BCUT2D eigenvalue weighted by molar-refractivity contribution is 6.32. The number of aryl methyl sites for hydroxylation is 1. The molecule has 1 aromatic heterocycles. The van der Waals surface area contributed by atoms with Crippen molar-refractivity contribution >= 4 is 11.6 Å². The Kier molecular flexibility index (Phi) is 3.61. The van der Waals surface area contributed by atoms with E-state index >= 15 is 0 Å². The average molecular weight is 249 g/mol. The molecule has 4 heteroatoms. The number of rotatable bonds is 3. The molecule has 2 rings (SSSR count). The number of halogens is 1. The van der Waals surface area contributed by atoms with Gasteiger partial charge >= 0.3 is 0 Å². The second kappa shape index (κ2) is 5.17. The summed E-state index contributed by atoms with van der Waals surface area (Å²) in [6, 6.07) is 9.47. The summed E-state index contributed by atoms with van der Waals surface area (Å²) in [6.45, 7) is 2.38. The second-order valence-corrected chi connectivity index (χ2v) is 4.09. The molecule has 0 radical (unpaired) electrons. The van der Waals surface area contributed by atoms with Crippen LogP contribution in [0.5, 0.6) is 11.6 Å². The Morgan fingerprint density at radius 1 is 1.24 bits per heavy atom. The van der Waals surface area contributed by atoms with Crippen LogP contribution in [0.25, 0.3) is 0 Å². The van der Waals surface area contributed by atoms with E-state index in [1.165, 1.54) is 5.56 Å². The molecule has 0 fully saturated rings. The van der Waals surface area contributed by atoms with Crippen LogP contribution in [0.3, 0.4) is 0 Å². The van der Waals surface area contributed by atoms with Crippen LogP contribution in [-0.4, -0.2) is 4.98 Å². The minimum atomic E-state index is 0.367. The number of pyridine rings is 1. The molecule has 0 atom stereocenters. The Balaban J connectivity index is 2.27. The fraction of sp³-hybridized carbons (Fsp3) is 0.154. The molecule has 1 aromatic carbocycles. The summed E-state index contributed by atoms with van der Waals surface area (Å²) in [4.78, 5) is 4.09. The van der Waals surface area contributed by atoms with Gasteiger partial charge < -0.3 is 10.5 Å².